The molecule has 1 unspecified atom stereocenters. The summed E-state index contributed by atoms with van der Waals surface area (Å²) in [6, 6.07) is -0.637. The van der Waals surface area contributed by atoms with Crippen LogP contribution in [0.2, 0.25) is 0 Å². The number of thioether (sulfide) groups is 1. The van der Waals surface area contributed by atoms with Crippen LogP contribution in [0.3, 0.4) is 0 Å². The molecule has 3 rings (SSSR count). The van der Waals surface area contributed by atoms with Gasteiger partial charge in [-0.05, 0) is 5.57 Å². The molecular weight excluding hydrogens is 272 g/mol. The highest BCUT2D eigenvalue weighted by Gasteiger charge is 2.52. The minimum atomic E-state index is -1.15. The zero-order valence-corrected chi connectivity index (χ0v) is 10.7. The molecule has 1 amide bonds. The number of esters is 1. The number of nitrogens with zero attached hydrogens (tertiary/aromatic N) is 1. The summed E-state index contributed by atoms with van der Waals surface area (Å²) in [7, 11) is 0. The smallest absolute Gasteiger partial charge is 0.352 e. The third-order valence-electron chi connectivity index (χ3n) is 3.59. The van der Waals surface area contributed by atoms with Crippen molar-refractivity contribution in [2.75, 3.05) is 12.4 Å². The van der Waals surface area contributed by atoms with Crippen molar-refractivity contribution in [3.05, 3.63) is 11.3 Å². The van der Waals surface area contributed by atoms with Crippen LogP contribution in [0.1, 0.15) is 6.42 Å². The fourth-order valence-electron chi connectivity index (χ4n) is 2.59. The lowest BCUT2D eigenvalue weighted by molar-refractivity contribution is -0.148. The number of carboxylic acids is 1. The number of β-lactam (4-membered cyclic amide) rings is 1. The first-order valence-corrected chi connectivity index (χ1v) is 6.87. The number of cyclic esters (lactones) is 1. The molecule has 2 saturated heterocycles. The van der Waals surface area contributed by atoms with Crippen molar-refractivity contribution in [1.29, 1.82) is 0 Å². The Morgan fingerprint density at radius 3 is 2.79 bits per heavy atom. The Morgan fingerprint density at radius 1 is 1.47 bits per heavy atom. The fourth-order valence-corrected chi connectivity index (χ4v) is 3.99. The molecule has 102 valence electrons. The third kappa shape index (κ3) is 1.74. The van der Waals surface area contributed by atoms with E-state index in [1.807, 2.05) is 0 Å². The lowest BCUT2D eigenvalue weighted by Gasteiger charge is -2.48. The first-order valence-electron chi connectivity index (χ1n) is 5.83. The van der Waals surface area contributed by atoms with E-state index in [1.54, 1.807) is 0 Å². The van der Waals surface area contributed by atoms with E-state index in [4.69, 9.17) is 10.5 Å². The summed E-state index contributed by atoms with van der Waals surface area (Å²) >= 11 is 1.43. The lowest BCUT2D eigenvalue weighted by atomic mass is 9.94. The van der Waals surface area contributed by atoms with Gasteiger partial charge in [-0.15, -0.1) is 11.8 Å². The summed E-state index contributed by atoms with van der Waals surface area (Å²) in [6.45, 7) is 0.185. The number of aliphatic carboxylic acids is 1. The average molecular weight is 284 g/mol. The van der Waals surface area contributed by atoms with E-state index in [0.717, 1.165) is 0 Å². The highest BCUT2D eigenvalue weighted by Crippen LogP contribution is 2.42. The van der Waals surface area contributed by atoms with Gasteiger partial charge < -0.3 is 15.6 Å². The molecule has 7 nitrogen and oxygen atoms in total. The molecule has 3 atom stereocenters. The SMILES string of the molecule is N[C@@H]1C(=O)N2C(C(=O)O)=C(C3COC(=O)C3)CS[C@H]12. The minimum Gasteiger partial charge on any atom is -0.477 e. The molecule has 3 N–H and O–H groups in total. The fraction of sp³-hybridized carbons (Fsp3) is 0.545. The van der Waals surface area contributed by atoms with Gasteiger partial charge in [0.1, 0.15) is 17.1 Å². The van der Waals surface area contributed by atoms with E-state index >= 15 is 0 Å². The molecule has 0 bridgehead atoms. The summed E-state index contributed by atoms with van der Waals surface area (Å²) in [4.78, 5) is 35.5. The maximum absolute atomic E-state index is 11.7. The second-order valence-corrected chi connectivity index (χ2v) is 5.80. The number of fused-ring (bicyclic) bond motifs is 1. The van der Waals surface area contributed by atoms with Crippen LogP contribution < -0.4 is 5.73 Å². The minimum absolute atomic E-state index is 0.0150. The molecule has 0 saturated carbocycles. The van der Waals surface area contributed by atoms with Gasteiger partial charge in [0.05, 0.1) is 13.0 Å². The molecule has 3 heterocycles. The van der Waals surface area contributed by atoms with Crippen molar-refractivity contribution in [2.24, 2.45) is 11.7 Å². The summed E-state index contributed by atoms with van der Waals surface area (Å²) < 4.78 is 4.87. The van der Waals surface area contributed by atoms with Crippen LogP contribution in [0.4, 0.5) is 0 Å². The van der Waals surface area contributed by atoms with Crippen LogP contribution in [0, 0.1) is 5.92 Å². The van der Waals surface area contributed by atoms with E-state index in [2.05, 4.69) is 0 Å². The maximum atomic E-state index is 11.7. The Balaban J connectivity index is 1.97. The molecule has 3 aliphatic rings. The molecule has 8 heteroatoms. The first kappa shape index (κ1) is 12.5. The summed E-state index contributed by atoms with van der Waals surface area (Å²) in [5.74, 6) is -1.65. The van der Waals surface area contributed by atoms with Crippen molar-refractivity contribution in [3.8, 4) is 0 Å². The number of hydrogen-bond acceptors (Lipinski definition) is 6. The predicted octanol–water partition coefficient (Wildman–Crippen LogP) is -0.869. The molecule has 0 spiro atoms. The second kappa shape index (κ2) is 4.24. The van der Waals surface area contributed by atoms with Crippen molar-refractivity contribution in [3.63, 3.8) is 0 Å². The Morgan fingerprint density at radius 2 is 2.21 bits per heavy atom. The number of rotatable bonds is 2. The van der Waals surface area contributed by atoms with Gasteiger partial charge in [-0.2, -0.15) is 0 Å². The first-order chi connectivity index (χ1) is 9.00. The molecule has 19 heavy (non-hydrogen) atoms. The van der Waals surface area contributed by atoms with Crippen molar-refractivity contribution >= 4 is 29.6 Å². The van der Waals surface area contributed by atoms with Crippen molar-refractivity contribution in [2.45, 2.75) is 17.8 Å². The number of nitrogens with two attached hydrogens (primary N) is 1. The quantitative estimate of drug-likeness (QED) is 0.501. The summed E-state index contributed by atoms with van der Waals surface area (Å²) in [5, 5.41) is 9.03. The van der Waals surface area contributed by atoms with Gasteiger partial charge in [0.2, 0.25) is 5.91 Å². The van der Waals surface area contributed by atoms with Crippen LogP contribution in [0.5, 0.6) is 0 Å². The number of ether oxygens (including phenoxy) is 1. The highest BCUT2D eigenvalue weighted by atomic mass is 32.2. The van der Waals surface area contributed by atoms with Gasteiger partial charge in [0.15, 0.2) is 0 Å². The maximum Gasteiger partial charge on any atom is 0.352 e. The topological polar surface area (TPSA) is 110 Å². The van der Waals surface area contributed by atoms with E-state index in [9.17, 15) is 19.5 Å². The van der Waals surface area contributed by atoms with Crippen LogP contribution in [0.15, 0.2) is 11.3 Å². The second-order valence-electron chi connectivity index (χ2n) is 4.70. The highest BCUT2D eigenvalue weighted by molar-refractivity contribution is 8.00. The molecule has 0 radical (unpaired) electrons. The zero-order valence-electron chi connectivity index (χ0n) is 9.87. The van der Waals surface area contributed by atoms with Crippen molar-refractivity contribution < 1.29 is 24.2 Å². The molecule has 0 aromatic carbocycles. The van der Waals surface area contributed by atoms with Gasteiger partial charge >= 0.3 is 11.9 Å². The van der Waals surface area contributed by atoms with Gasteiger partial charge in [-0.25, -0.2) is 4.79 Å². The Kier molecular flexibility index (Phi) is 2.79. The number of amides is 1. The normalized spacial score (nSPS) is 33.9. The monoisotopic (exact) mass is 284 g/mol. The van der Waals surface area contributed by atoms with E-state index < -0.39 is 12.0 Å². The molecule has 0 aromatic heterocycles. The Labute approximate surface area is 112 Å². The van der Waals surface area contributed by atoms with Gasteiger partial charge in [-0.1, -0.05) is 0 Å². The largest absolute Gasteiger partial charge is 0.477 e. The van der Waals surface area contributed by atoms with E-state index in [-0.39, 0.29) is 41.9 Å². The number of hydrogen-bond donors (Lipinski definition) is 2. The van der Waals surface area contributed by atoms with Crippen molar-refractivity contribution in [1.82, 2.24) is 4.90 Å². The molecule has 3 aliphatic heterocycles. The molecule has 0 aliphatic carbocycles. The summed E-state index contributed by atoms with van der Waals surface area (Å²) in [5.41, 5.74) is 6.24. The number of carbonyl (C=O) groups excluding carboxylic acids is 2. The Hall–Kier alpha value is -1.54. The number of carboxylic acid groups (broad SMARTS) is 1. The van der Waals surface area contributed by atoms with Gasteiger partial charge in [-0.3, -0.25) is 14.5 Å². The van der Waals surface area contributed by atoms with Crippen LogP contribution in [-0.4, -0.2) is 51.6 Å². The number of carbonyl (C=O) groups is 3. The zero-order chi connectivity index (χ0) is 13.7. The Bertz CT molecular complexity index is 517. The van der Waals surface area contributed by atoms with Gasteiger partial charge in [0, 0.05) is 11.7 Å². The standard InChI is InChI=1S/C11H12N2O5S/c12-7-9(15)13-8(11(16)17)5(3-19-10(7)13)4-1-6(14)18-2-4/h4,7,10H,1-3,12H2,(H,16,17)/t4?,7-,10-/m1/s1. The average Bonchev–Trinajstić information content (AvgIpc) is 2.82. The lowest BCUT2D eigenvalue weighted by Crippen LogP contribution is -2.68. The summed E-state index contributed by atoms with van der Waals surface area (Å²) in [6.07, 6.45) is 0.172. The van der Waals surface area contributed by atoms with Crippen LogP contribution in [0.25, 0.3) is 0 Å². The van der Waals surface area contributed by atoms with Crippen LogP contribution in [-0.2, 0) is 19.1 Å². The third-order valence-corrected chi connectivity index (χ3v) is 4.92. The predicted molar refractivity (Wildman–Crippen MR) is 64.8 cm³/mol. The molecule has 2 fully saturated rings. The van der Waals surface area contributed by atoms with E-state index in [0.29, 0.717) is 11.3 Å². The molecular formula is C11H12N2O5S. The van der Waals surface area contributed by atoms with E-state index in [1.165, 1.54) is 16.7 Å². The van der Waals surface area contributed by atoms with Gasteiger partial charge in [0.25, 0.3) is 0 Å². The van der Waals surface area contributed by atoms with Crippen LogP contribution >= 0.6 is 11.8 Å². The molecule has 0 aromatic rings.